The Morgan fingerprint density at radius 1 is 1.07 bits per heavy atom. The van der Waals surface area contributed by atoms with Crippen molar-refractivity contribution in [3.8, 4) is 0 Å². The smallest absolute Gasteiger partial charge is 0.302 e. The van der Waals surface area contributed by atoms with Gasteiger partial charge in [0.1, 0.15) is 11.8 Å². The summed E-state index contributed by atoms with van der Waals surface area (Å²) in [5, 5.41) is 39.1. The van der Waals surface area contributed by atoms with Gasteiger partial charge in [-0.3, -0.25) is 40.6 Å². The van der Waals surface area contributed by atoms with Gasteiger partial charge in [0.2, 0.25) is 6.54 Å². The molecular formula is C30H39N5O8. The molecule has 1 N–H and O–H groups in total. The van der Waals surface area contributed by atoms with E-state index in [9.17, 15) is 35.1 Å². The molecule has 8 atom stereocenters. The first-order valence-electron chi connectivity index (χ1n) is 15.0. The van der Waals surface area contributed by atoms with Crippen LogP contribution in [0.25, 0.3) is 0 Å². The maximum absolute atomic E-state index is 11.8. The van der Waals surface area contributed by atoms with Crippen LogP contribution in [-0.4, -0.2) is 39.1 Å². The van der Waals surface area contributed by atoms with Crippen LogP contribution < -0.4 is 5.43 Å². The molecule has 0 spiro atoms. The zero-order chi connectivity index (χ0) is 31.3. The van der Waals surface area contributed by atoms with Gasteiger partial charge in [0, 0.05) is 41.9 Å². The molecule has 1 aromatic rings. The first-order valence-corrected chi connectivity index (χ1v) is 15.0. The highest BCUT2D eigenvalue weighted by atomic mass is 16.6. The minimum absolute atomic E-state index is 0.0110. The molecule has 0 amide bonds. The third-order valence-corrected chi connectivity index (χ3v) is 11.1. The van der Waals surface area contributed by atoms with Crippen molar-refractivity contribution in [1.29, 1.82) is 0 Å². The van der Waals surface area contributed by atoms with Crippen LogP contribution in [0, 0.1) is 70.8 Å². The fourth-order valence-corrected chi connectivity index (χ4v) is 9.43. The molecule has 13 nitrogen and oxygen atoms in total. The van der Waals surface area contributed by atoms with E-state index in [1.165, 1.54) is 24.6 Å². The van der Waals surface area contributed by atoms with Crippen molar-refractivity contribution in [2.75, 3.05) is 12.0 Å². The fraction of sp³-hybridized carbons (Fsp3) is 0.667. The molecule has 4 aliphatic carbocycles. The standard InChI is InChI=1S/C30H39N5O8/c1-17(31-32-26-8-6-21(34(39)40)15-27(26)35(41)42)28-19(16-33(37)38)13-25-23-7-5-20-14-22(43-18(2)36)9-11-29(20,3)24(23)10-12-30(25,28)4/h5-6,8,15,19,22-25,28,32H,7,9-14,16H2,1-4H3/t19-,22-,23?,24?,25?,28-,29-,30-/m0/s1. The number of allylic oxidation sites excluding steroid dienone is 1. The maximum Gasteiger partial charge on any atom is 0.302 e. The average molecular weight is 598 g/mol. The number of fused-ring (bicyclic) bond motifs is 5. The first-order chi connectivity index (χ1) is 20.2. The Balaban J connectivity index is 1.43. The second-order valence-electron chi connectivity index (χ2n) is 13.3. The van der Waals surface area contributed by atoms with E-state index in [-0.39, 0.29) is 57.8 Å². The number of esters is 1. The van der Waals surface area contributed by atoms with Crippen molar-refractivity contribution in [2.45, 2.75) is 78.7 Å². The summed E-state index contributed by atoms with van der Waals surface area (Å²) in [5.41, 5.74) is 3.69. The number of benzene rings is 1. The number of hydrazone groups is 1. The SMILES string of the molecule is CC(=O)O[C@H]1CC[C@@]2(C)C(=CCC3C2CC[C@@]2(C)C3C[C@@H](C[N+](=O)[O-])[C@@H]2C(C)=NNc2ccc([N+](=O)[O-])cc2[N+](=O)[O-])C1. The van der Waals surface area contributed by atoms with Gasteiger partial charge in [0.15, 0.2) is 0 Å². The number of nitrogens with zero attached hydrogens (tertiary/aromatic N) is 4. The predicted octanol–water partition coefficient (Wildman–Crippen LogP) is 6.30. The summed E-state index contributed by atoms with van der Waals surface area (Å²) in [5.74, 6) is 0.372. The van der Waals surface area contributed by atoms with Crippen LogP contribution in [0.2, 0.25) is 0 Å². The molecule has 0 saturated heterocycles. The van der Waals surface area contributed by atoms with Gasteiger partial charge >= 0.3 is 11.7 Å². The number of non-ortho nitro benzene ring substituents is 1. The molecule has 0 bridgehead atoms. The van der Waals surface area contributed by atoms with Crippen LogP contribution in [0.5, 0.6) is 0 Å². The molecule has 3 saturated carbocycles. The van der Waals surface area contributed by atoms with Gasteiger partial charge < -0.3 is 4.74 Å². The van der Waals surface area contributed by atoms with Crippen LogP contribution in [0.3, 0.4) is 0 Å². The molecule has 0 aromatic heterocycles. The van der Waals surface area contributed by atoms with Crippen molar-refractivity contribution >= 4 is 28.7 Å². The van der Waals surface area contributed by atoms with Crippen molar-refractivity contribution < 1.29 is 24.3 Å². The largest absolute Gasteiger partial charge is 0.462 e. The summed E-state index contributed by atoms with van der Waals surface area (Å²) in [4.78, 5) is 44.5. The monoisotopic (exact) mass is 597 g/mol. The number of nitro benzene ring substituents is 2. The number of rotatable bonds is 8. The average Bonchev–Trinajstić information content (AvgIpc) is 3.22. The summed E-state index contributed by atoms with van der Waals surface area (Å²) >= 11 is 0. The molecule has 232 valence electrons. The molecule has 1 aromatic carbocycles. The van der Waals surface area contributed by atoms with E-state index in [1.54, 1.807) is 0 Å². The van der Waals surface area contributed by atoms with E-state index in [0.29, 0.717) is 24.0 Å². The van der Waals surface area contributed by atoms with Gasteiger partial charge in [0.05, 0.1) is 15.9 Å². The van der Waals surface area contributed by atoms with E-state index in [2.05, 4.69) is 30.5 Å². The van der Waals surface area contributed by atoms with Gasteiger partial charge in [-0.1, -0.05) is 25.5 Å². The van der Waals surface area contributed by atoms with Crippen LogP contribution in [0.1, 0.15) is 72.6 Å². The zero-order valence-electron chi connectivity index (χ0n) is 25.0. The summed E-state index contributed by atoms with van der Waals surface area (Å²) in [6.45, 7) is 7.66. The molecule has 4 aliphatic rings. The highest BCUT2D eigenvalue weighted by molar-refractivity contribution is 5.87. The van der Waals surface area contributed by atoms with Crippen molar-refractivity contribution in [3.63, 3.8) is 0 Å². The Morgan fingerprint density at radius 2 is 1.81 bits per heavy atom. The Hall–Kier alpha value is -3.90. The molecule has 0 aliphatic heterocycles. The second kappa shape index (κ2) is 11.3. The lowest BCUT2D eigenvalue weighted by Gasteiger charge is -2.58. The normalized spacial score (nSPS) is 35.1. The summed E-state index contributed by atoms with van der Waals surface area (Å²) in [6.07, 6.45) is 8.28. The lowest BCUT2D eigenvalue weighted by Crippen LogP contribution is -2.51. The minimum Gasteiger partial charge on any atom is -0.462 e. The summed E-state index contributed by atoms with van der Waals surface area (Å²) in [6, 6.07) is 3.33. The summed E-state index contributed by atoms with van der Waals surface area (Å²) in [7, 11) is 0. The third-order valence-electron chi connectivity index (χ3n) is 11.1. The zero-order valence-corrected chi connectivity index (χ0v) is 25.0. The fourth-order valence-electron chi connectivity index (χ4n) is 9.43. The van der Waals surface area contributed by atoms with Crippen molar-refractivity contribution in [1.82, 2.24) is 0 Å². The Bertz CT molecular complexity index is 1410. The number of hydrogen-bond acceptors (Lipinski definition) is 10. The number of ether oxygens (including phenoxy) is 1. The molecule has 5 rings (SSSR count). The third kappa shape index (κ3) is 5.49. The van der Waals surface area contributed by atoms with Gasteiger partial charge in [0.25, 0.3) is 5.69 Å². The van der Waals surface area contributed by atoms with Gasteiger partial charge in [-0.25, -0.2) is 0 Å². The first kappa shape index (κ1) is 30.6. The molecule has 43 heavy (non-hydrogen) atoms. The van der Waals surface area contributed by atoms with E-state index in [0.717, 1.165) is 44.6 Å². The number of carbonyl (C=O) groups is 1. The molecule has 3 unspecified atom stereocenters. The second-order valence-corrected chi connectivity index (χ2v) is 13.3. The lowest BCUT2D eigenvalue weighted by atomic mass is 9.47. The predicted molar refractivity (Wildman–Crippen MR) is 158 cm³/mol. The molecular weight excluding hydrogens is 558 g/mol. The van der Waals surface area contributed by atoms with E-state index in [4.69, 9.17) is 4.74 Å². The number of anilines is 1. The van der Waals surface area contributed by atoms with E-state index >= 15 is 0 Å². The van der Waals surface area contributed by atoms with Crippen LogP contribution in [0.15, 0.2) is 34.9 Å². The molecule has 0 heterocycles. The van der Waals surface area contributed by atoms with Crippen molar-refractivity contribution in [3.05, 3.63) is 60.2 Å². The number of carbonyl (C=O) groups excluding carboxylic acids is 1. The number of nitro groups is 3. The molecule has 0 radical (unpaired) electrons. The van der Waals surface area contributed by atoms with Crippen LogP contribution in [-0.2, 0) is 9.53 Å². The minimum atomic E-state index is -0.699. The topological polar surface area (TPSA) is 180 Å². The van der Waals surface area contributed by atoms with E-state index < -0.39 is 21.2 Å². The number of hydrogen-bond donors (Lipinski definition) is 1. The highest BCUT2D eigenvalue weighted by Gasteiger charge is 2.62. The number of nitrogens with one attached hydrogen (secondary N) is 1. The highest BCUT2D eigenvalue weighted by Crippen LogP contribution is 2.67. The maximum atomic E-state index is 11.8. The van der Waals surface area contributed by atoms with Crippen molar-refractivity contribution in [2.24, 2.45) is 45.5 Å². The molecule has 13 heteroatoms. The quantitative estimate of drug-likeness (QED) is 0.118. The lowest BCUT2D eigenvalue weighted by molar-refractivity contribution is -0.489. The van der Waals surface area contributed by atoms with E-state index in [1.807, 2.05) is 6.92 Å². The van der Waals surface area contributed by atoms with Crippen LogP contribution in [0.4, 0.5) is 17.1 Å². The van der Waals surface area contributed by atoms with Gasteiger partial charge in [-0.2, -0.15) is 5.10 Å². The van der Waals surface area contributed by atoms with Crippen LogP contribution >= 0.6 is 0 Å². The Labute approximate surface area is 249 Å². The summed E-state index contributed by atoms with van der Waals surface area (Å²) < 4.78 is 5.56. The van der Waals surface area contributed by atoms with Gasteiger partial charge in [-0.15, -0.1) is 0 Å². The van der Waals surface area contributed by atoms with Gasteiger partial charge in [-0.05, 0) is 80.1 Å². The molecule has 3 fully saturated rings. The Kier molecular flexibility index (Phi) is 8.03. The Morgan fingerprint density at radius 3 is 2.47 bits per heavy atom.